The minimum atomic E-state index is -0.310. The molecule has 0 aliphatic carbocycles. The number of H-pyrrole nitrogens is 1. The Morgan fingerprint density at radius 1 is 1.21 bits per heavy atom. The smallest absolute Gasteiger partial charge is 0.268 e. The zero-order valence-electron chi connectivity index (χ0n) is 10.3. The lowest BCUT2D eigenvalue weighted by molar-refractivity contribution is 0.609. The lowest BCUT2D eigenvalue weighted by atomic mass is 10.2. The van der Waals surface area contributed by atoms with Gasteiger partial charge in [0.1, 0.15) is 5.15 Å². The Bertz CT molecular complexity index is 750. The molecular formula is C12H11Cl2N3O2. The Morgan fingerprint density at radius 3 is 2.58 bits per heavy atom. The van der Waals surface area contributed by atoms with Gasteiger partial charge < -0.3 is 0 Å². The quantitative estimate of drug-likeness (QED) is 0.861. The largest absolute Gasteiger partial charge is 0.268 e. The van der Waals surface area contributed by atoms with E-state index < -0.39 is 0 Å². The summed E-state index contributed by atoms with van der Waals surface area (Å²) >= 11 is 11.8. The summed E-state index contributed by atoms with van der Waals surface area (Å²) in [6, 6.07) is 3.15. The van der Waals surface area contributed by atoms with Crippen LogP contribution in [0.5, 0.6) is 0 Å². The molecule has 7 heteroatoms. The standard InChI is InChI=1S/C12H11Cl2N3O2/c1-6-7(2)12(19)17(16-11(6)18)5-9-8(13)3-4-10(14)15-9/h3-4H,5H2,1-2H3,(H,16,18). The minimum Gasteiger partial charge on any atom is -0.268 e. The first-order valence-corrected chi connectivity index (χ1v) is 6.27. The van der Waals surface area contributed by atoms with Gasteiger partial charge in [0.05, 0.1) is 17.3 Å². The molecule has 2 rings (SSSR count). The molecule has 0 aliphatic rings. The van der Waals surface area contributed by atoms with Crippen molar-refractivity contribution in [1.29, 1.82) is 0 Å². The number of hydrogen-bond acceptors (Lipinski definition) is 3. The molecule has 0 aliphatic heterocycles. The SMILES string of the molecule is Cc1c(C)c(=O)n(Cc2nc(Cl)ccc2Cl)[nH]c1=O. The predicted molar refractivity (Wildman–Crippen MR) is 74.2 cm³/mol. The topological polar surface area (TPSA) is 67.8 Å². The number of hydrogen-bond donors (Lipinski definition) is 1. The van der Waals surface area contributed by atoms with Gasteiger partial charge in [-0.05, 0) is 26.0 Å². The molecule has 0 spiro atoms. The summed E-state index contributed by atoms with van der Waals surface area (Å²) in [4.78, 5) is 27.7. The van der Waals surface area contributed by atoms with Crippen LogP contribution in [-0.2, 0) is 6.54 Å². The van der Waals surface area contributed by atoms with Crippen molar-refractivity contribution in [3.05, 3.63) is 59.8 Å². The van der Waals surface area contributed by atoms with Crippen LogP contribution < -0.4 is 11.1 Å². The van der Waals surface area contributed by atoms with Crippen LogP contribution in [0.3, 0.4) is 0 Å². The second-order valence-corrected chi connectivity index (χ2v) is 4.94. The van der Waals surface area contributed by atoms with E-state index in [1.54, 1.807) is 26.0 Å². The van der Waals surface area contributed by atoms with E-state index in [0.717, 1.165) is 0 Å². The van der Waals surface area contributed by atoms with Crippen molar-refractivity contribution < 1.29 is 0 Å². The lowest BCUT2D eigenvalue weighted by Crippen LogP contribution is -2.33. The van der Waals surface area contributed by atoms with Gasteiger partial charge in [-0.25, -0.2) is 9.67 Å². The van der Waals surface area contributed by atoms with Gasteiger partial charge in [0.15, 0.2) is 0 Å². The molecule has 0 saturated carbocycles. The van der Waals surface area contributed by atoms with E-state index in [-0.39, 0.29) is 22.8 Å². The van der Waals surface area contributed by atoms with Crippen LogP contribution >= 0.6 is 23.2 Å². The maximum absolute atomic E-state index is 12.0. The highest BCUT2D eigenvalue weighted by Gasteiger charge is 2.10. The van der Waals surface area contributed by atoms with E-state index in [2.05, 4.69) is 10.1 Å². The summed E-state index contributed by atoms with van der Waals surface area (Å²) in [5.74, 6) is 0. The van der Waals surface area contributed by atoms with Crippen molar-refractivity contribution in [3.63, 3.8) is 0 Å². The number of aromatic nitrogens is 3. The second kappa shape index (κ2) is 5.19. The average molecular weight is 300 g/mol. The Balaban J connectivity index is 2.53. The summed E-state index contributed by atoms with van der Waals surface area (Å²) in [5, 5.41) is 3.15. The van der Waals surface area contributed by atoms with Crippen molar-refractivity contribution in [3.8, 4) is 0 Å². The highest BCUT2D eigenvalue weighted by molar-refractivity contribution is 6.32. The van der Waals surface area contributed by atoms with Crippen molar-refractivity contribution in [1.82, 2.24) is 14.8 Å². The van der Waals surface area contributed by atoms with Crippen molar-refractivity contribution in [2.24, 2.45) is 0 Å². The molecule has 0 amide bonds. The summed E-state index contributed by atoms with van der Waals surface area (Å²) in [6.07, 6.45) is 0. The van der Waals surface area contributed by atoms with Crippen molar-refractivity contribution >= 4 is 23.2 Å². The van der Waals surface area contributed by atoms with Gasteiger partial charge in [-0.1, -0.05) is 23.2 Å². The zero-order chi connectivity index (χ0) is 14.2. The molecule has 2 aromatic rings. The van der Waals surface area contributed by atoms with Gasteiger partial charge in [-0.15, -0.1) is 0 Å². The molecule has 0 saturated heterocycles. The first-order chi connectivity index (χ1) is 8.90. The first-order valence-electron chi connectivity index (χ1n) is 5.51. The van der Waals surface area contributed by atoms with Crippen LogP contribution in [0.2, 0.25) is 10.2 Å². The van der Waals surface area contributed by atoms with Crippen molar-refractivity contribution in [2.45, 2.75) is 20.4 Å². The van der Waals surface area contributed by atoms with Crippen LogP contribution in [0.4, 0.5) is 0 Å². The van der Waals surface area contributed by atoms with E-state index in [1.165, 1.54) is 4.68 Å². The predicted octanol–water partition coefficient (Wildman–Crippen LogP) is 1.90. The highest BCUT2D eigenvalue weighted by atomic mass is 35.5. The van der Waals surface area contributed by atoms with E-state index in [0.29, 0.717) is 21.8 Å². The lowest BCUT2D eigenvalue weighted by Gasteiger charge is -2.09. The van der Waals surface area contributed by atoms with Crippen LogP contribution in [-0.4, -0.2) is 14.8 Å². The molecule has 100 valence electrons. The van der Waals surface area contributed by atoms with Gasteiger partial charge in [-0.2, -0.15) is 0 Å². The molecule has 0 aromatic carbocycles. The number of aromatic amines is 1. The average Bonchev–Trinajstić information content (AvgIpc) is 2.37. The fourth-order valence-corrected chi connectivity index (χ4v) is 1.95. The van der Waals surface area contributed by atoms with E-state index in [1.807, 2.05) is 0 Å². The molecule has 5 nitrogen and oxygen atoms in total. The van der Waals surface area contributed by atoms with Crippen LogP contribution in [0, 0.1) is 13.8 Å². The van der Waals surface area contributed by atoms with Gasteiger partial charge in [-0.3, -0.25) is 14.7 Å². The number of halogens is 2. The highest BCUT2D eigenvalue weighted by Crippen LogP contribution is 2.17. The van der Waals surface area contributed by atoms with Gasteiger partial charge in [0.25, 0.3) is 11.1 Å². The fourth-order valence-electron chi connectivity index (χ4n) is 1.62. The van der Waals surface area contributed by atoms with Gasteiger partial charge in [0.2, 0.25) is 0 Å². The molecule has 0 fully saturated rings. The zero-order valence-corrected chi connectivity index (χ0v) is 11.8. The van der Waals surface area contributed by atoms with Crippen LogP contribution in [0.15, 0.2) is 21.7 Å². The Hall–Kier alpha value is -1.59. The van der Waals surface area contributed by atoms with Gasteiger partial charge >= 0.3 is 0 Å². The number of rotatable bonds is 2. The van der Waals surface area contributed by atoms with Gasteiger partial charge in [0, 0.05) is 11.1 Å². The summed E-state index contributed by atoms with van der Waals surface area (Å²) in [5.41, 5.74) is 0.647. The molecule has 2 heterocycles. The summed E-state index contributed by atoms with van der Waals surface area (Å²) in [6.45, 7) is 3.27. The van der Waals surface area contributed by atoms with Crippen molar-refractivity contribution in [2.75, 3.05) is 0 Å². The maximum atomic E-state index is 12.0. The van der Waals surface area contributed by atoms with E-state index in [9.17, 15) is 9.59 Å². The third-order valence-electron chi connectivity index (χ3n) is 2.90. The Labute approximate surface area is 118 Å². The third-order valence-corrected chi connectivity index (χ3v) is 3.45. The molecule has 0 unspecified atom stereocenters. The summed E-state index contributed by atoms with van der Waals surface area (Å²) in [7, 11) is 0. The van der Waals surface area contributed by atoms with E-state index in [4.69, 9.17) is 23.2 Å². The molecule has 19 heavy (non-hydrogen) atoms. The normalized spacial score (nSPS) is 10.7. The minimum absolute atomic E-state index is 0.0641. The Kier molecular flexibility index (Phi) is 3.78. The molecule has 0 radical (unpaired) electrons. The Morgan fingerprint density at radius 2 is 1.89 bits per heavy atom. The molecule has 1 N–H and O–H groups in total. The number of nitrogens with zero attached hydrogens (tertiary/aromatic N) is 2. The van der Waals surface area contributed by atoms with Crippen LogP contribution in [0.25, 0.3) is 0 Å². The fraction of sp³-hybridized carbons (Fsp3) is 0.250. The molecule has 0 atom stereocenters. The summed E-state index contributed by atoms with van der Waals surface area (Å²) < 4.78 is 1.18. The monoisotopic (exact) mass is 299 g/mol. The number of nitrogens with one attached hydrogen (secondary N) is 1. The van der Waals surface area contributed by atoms with Crippen LogP contribution in [0.1, 0.15) is 16.8 Å². The first kappa shape index (κ1) is 13.8. The molecule has 2 aromatic heterocycles. The third kappa shape index (κ3) is 2.72. The second-order valence-electron chi connectivity index (χ2n) is 4.14. The maximum Gasteiger partial charge on any atom is 0.268 e. The number of pyridine rings is 1. The van der Waals surface area contributed by atoms with E-state index >= 15 is 0 Å². The molecular weight excluding hydrogens is 289 g/mol. The molecule has 0 bridgehead atoms.